The lowest BCUT2D eigenvalue weighted by Gasteiger charge is -2.45. The monoisotopic (exact) mass is 317 g/mol. The van der Waals surface area contributed by atoms with Crippen molar-refractivity contribution in [3.8, 4) is 0 Å². The first kappa shape index (κ1) is 17.2. The minimum Gasteiger partial charge on any atom is -0.313 e. The Morgan fingerprint density at radius 1 is 1.19 bits per heavy atom. The van der Waals surface area contributed by atoms with E-state index in [1.807, 2.05) is 20.8 Å². The number of nitrogens with one attached hydrogen (secondary N) is 1. The van der Waals surface area contributed by atoms with Gasteiger partial charge in [0.25, 0.3) is 0 Å². The Balaban J connectivity index is 1.98. The molecular formula is C15H31N3O2S. The fourth-order valence-electron chi connectivity index (χ4n) is 3.61. The topological polar surface area (TPSA) is 52.7 Å². The molecule has 0 saturated carbocycles. The summed E-state index contributed by atoms with van der Waals surface area (Å²) in [5, 5.41) is 2.89. The molecule has 0 aliphatic carbocycles. The van der Waals surface area contributed by atoms with Crippen LogP contribution in [-0.4, -0.2) is 68.2 Å². The Hall–Kier alpha value is -0.170. The number of hydrogen-bond donors (Lipinski definition) is 1. The SMILES string of the molecule is CC(C)NCC(C)S(=O)(=O)N1CCC2C(CCCN2C)C1. The standard InChI is InChI=1S/C15H31N3O2S/c1-12(2)16-10-13(3)21(19,20)18-9-7-15-14(11-18)6-5-8-17(15)4/h12-16H,5-11H2,1-4H3. The molecule has 2 aliphatic heterocycles. The van der Waals surface area contributed by atoms with Crippen LogP contribution in [0.5, 0.6) is 0 Å². The first-order chi connectivity index (χ1) is 9.82. The molecule has 2 heterocycles. The maximum Gasteiger partial charge on any atom is 0.217 e. The van der Waals surface area contributed by atoms with E-state index >= 15 is 0 Å². The number of fused-ring (bicyclic) bond motifs is 1. The normalized spacial score (nSPS) is 30.3. The summed E-state index contributed by atoms with van der Waals surface area (Å²) >= 11 is 0. The number of sulfonamides is 1. The third-order valence-corrected chi connectivity index (χ3v) is 7.23. The van der Waals surface area contributed by atoms with Crippen LogP contribution in [0.25, 0.3) is 0 Å². The number of piperidine rings is 2. The van der Waals surface area contributed by atoms with E-state index in [9.17, 15) is 8.42 Å². The third-order valence-electron chi connectivity index (χ3n) is 4.99. The minimum atomic E-state index is -3.17. The quantitative estimate of drug-likeness (QED) is 0.825. The van der Waals surface area contributed by atoms with Crippen LogP contribution >= 0.6 is 0 Å². The Bertz CT molecular complexity index is 438. The smallest absolute Gasteiger partial charge is 0.217 e. The zero-order valence-electron chi connectivity index (χ0n) is 13.9. The van der Waals surface area contributed by atoms with Crippen molar-refractivity contribution in [2.45, 2.75) is 57.4 Å². The van der Waals surface area contributed by atoms with Gasteiger partial charge >= 0.3 is 0 Å². The van der Waals surface area contributed by atoms with Crippen molar-refractivity contribution < 1.29 is 8.42 Å². The van der Waals surface area contributed by atoms with Crippen LogP contribution < -0.4 is 5.32 Å². The summed E-state index contributed by atoms with van der Waals surface area (Å²) < 4.78 is 27.2. The molecule has 2 fully saturated rings. The molecule has 6 heteroatoms. The Morgan fingerprint density at radius 2 is 1.90 bits per heavy atom. The van der Waals surface area contributed by atoms with Crippen LogP contribution in [0.15, 0.2) is 0 Å². The number of rotatable bonds is 5. The number of nitrogens with zero attached hydrogens (tertiary/aromatic N) is 2. The first-order valence-corrected chi connectivity index (χ1v) is 9.75. The van der Waals surface area contributed by atoms with E-state index in [1.54, 1.807) is 4.31 Å². The van der Waals surface area contributed by atoms with Gasteiger partial charge in [0.2, 0.25) is 10.0 Å². The van der Waals surface area contributed by atoms with E-state index in [2.05, 4.69) is 17.3 Å². The summed E-state index contributed by atoms with van der Waals surface area (Å²) in [5.41, 5.74) is 0. The molecule has 2 saturated heterocycles. The van der Waals surface area contributed by atoms with Gasteiger partial charge in [0, 0.05) is 31.7 Å². The highest BCUT2D eigenvalue weighted by atomic mass is 32.2. The van der Waals surface area contributed by atoms with Gasteiger partial charge in [-0.3, -0.25) is 0 Å². The van der Waals surface area contributed by atoms with Crippen LogP contribution in [0.1, 0.15) is 40.0 Å². The maximum atomic E-state index is 12.7. The van der Waals surface area contributed by atoms with Gasteiger partial charge in [-0.2, -0.15) is 0 Å². The Morgan fingerprint density at radius 3 is 2.57 bits per heavy atom. The molecule has 2 aliphatic rings. The second kappa shape index (κ2) is 6.94. The molecule has 0 amide bonds. The molecule has 0 spiro atoms. The molecule has 3 atom stereocenters. The summed E-state index contributed by atoms with van der Waals surface area (Å²) in [6.07, 6.45) is 3.33. The molecule has 0 radical (unpaired) electrons. The van der Waals surface area contributed by atoms with E-state index in [4.69, 9.17) is 0 Å². The second-order valence-electron chi connectivity index (χ2n) is 7.02. The van der Waals surface area contributed by atoms with Gasteiger partial charge in [-0.1, -0.05) is 13.8 Å². The van der Waals surface area contributed by atoms with Crippen LogP contribution in [0, 0.1) is 5.92 Å². The first-order valence-electron chi connectivity index (χ1n) is 8.25. The van der Waals surface area contributed by atoms with Crippen LogP contribution in [0.4, 0.5) is 0 Å². The zero-order chi connectivity index (χ0) is 15.6. The van der Waals surface area contributed by atoms with Crippen molar-refractivity contribution >= 4 is 10.0 Å². The van der Waals surface area contributed by atoms with E-state index < -0.39 is 10.0 Å². The van der Waals surface area contributed by atoms with Crippen LogP contribution in [0.3, 0.4) is 0 Å². The fraction of sp³-hybridized carbons (Fsp3) is 1.00. The van der Waals surface area contributed by atoms with Gasteiger partial charge in [-0.15, -0.1) is 0 Å². The average molecular weight is 317 g/mol. The minimum absolute atomic E-state index is 0.320. The summed E-state index contributed by atoms with van der Waals surface area (Å²) in [6, 6.07) is 0.898. The van der Waals surface area contributed by atoms with Crippen molar-refractivity contribution in [1.82, 2.24) is 14.5 Å². The molecule has 3 unspecified atom stereocenters. The Labute approximate surface area is 130 Å². The van der Waals surface area contributed by atoms with Crippen LogP contribution in [-0.2, 0) is 10.0 Å². The summed E-state index contributed by atoms with van der Waals surface area (Å²) in [5.74, 6) is 0.512. The molecule has 0 bridgehead atoms. The molecule has 0 aromatic rings. The predicted molar refractivity (Wildman–Crippen MR) is 86.9 cm³/mol. The van der Waals surface area contributed by atoms with Crippen molar-refractivity contribution in [3.63, 3.8) is 0 Å². The Kier molecular flexibility index (Phi) is 5.68. The fourth-order valence-corrected chi connectivity index (χ4v) is 5.19. The van der Waals surface area contributed by atoms with E-state index in [-0.39, 0.29) is 5.25 Å². The zero-order valence-corrected chi connectivity index (χ0v) is 14.7. The van der Waals surface area contributed by atoms with Crippen molar-refractivity contribution in [2.75, 3.05) is 33.2 Å². The summed E-state index contributed by atoms with van der Waals surface area (Å²) in [6.45, 7) is 8.99. The number of hydrogen-bond acceptors (Lipinski definition) is 4. The van der Waals surface area contributed by atoms with Crippen LogP contribution in [0.2, 0.25) is 0 Å². The van der Waals surface area contributed by atoms with E-state index in [1.165, 1.54) is 12.8 Å². The average Bonchev–Trinajstić information content (AvgIpc) is 2.44. The molecular weight excluding hydrogens is 286 g/mol. The van der Waals surface area contributed by atoms with Crippen molar-refractivity contribution in [1.29, 1.82) is 0 Å². The molecule has 2 rings (SSSR count). The lowest BCUT2D eigenvalue weighted by atomic mass is 9.85. The van der Waals surface area contributed by atoms with Gasteiger partial charge in [0.1, 0.15) is 0 Å². The van der Waals surface area contributed by atoms with E-state index in [0.717, 1.165) is 13.0 Å². The molecule has 5 nitrogen and oxygen atoms in total. The van der Waals surface area contributed by atoms with Crippen molar-refractivity contribution in [3.05, 3.63) is 0 Å². The van der Waals surface area contributed by atoms with Gasteiger partial charge in [0.15, 0.2) is 0 Å². The number of likely N-dealkylation sites (tertiary alicyclic amines) is 1. The van der Waals surface area contributed by atoms with E-state index in [0.29, 0.717) is 37.6 Å². The van der Waals surface area contributed by atoms with Gasteiger partial charge in [0.05, 0.1) is 5.25 Å². The lowest BCUT2D eigenvalue weighted by Crippen LogP contribution is -2.55. The highest BCUT2D eigenvalue weighted by molar-refractivity contribution is 7.89. The summed E-state index contributed by atoms with van der Waals surface area (Å²) in [4.78, 5) is 2.42. The largest absolute Gasteiger partial charge is 0.313 e. The van der Waals surface area contributed by atoms with Gasteiger partial charge in [-0.05, 0) is 45.7 Å². The second-order valence-corrected chi connectivity index (χ2v) is 9.37. The van der Waals surface area contributed by atoms with Gasteiger partial charge in [-0.25, -0.2) is 12.7 Å². The van der Waals surface area contributed by atoms with Gasteiger partial charge < -0.3 is 10.2 Å². The molecule has 1 N–H and O–H groups in total. The molecule has 0 aromatic carbocycles. The molecule has 21 heavy (non-hydrogen) atoms. The predicted octanol–water partition coefficient (Wildman–Crippen LogP) is 1.12. The lowest BCUT2D eigenvalue weighted by molar-refractivity contribution is 0.0668. The molecule has 0 aromatic heterocycles. The molecule has 124 valence electrons. The highest BCUT2D eigenvalue weighted by Gasteiger charge is 2.39. The third kappa shape index (κ3) is 3.97. The summed E-state index contributed by atoms with van der Waals surface area (Å²) in [7, 11) is -0.997. The van der Waals surface area contributed by atoms with Crippen molar-refractivity contribution in [2.24, 2.45) is 5.92 Å². The highest BCUT2D eigenvalue weighted by Crippen LogP contribution is 2.31. The maximum absolute atomic E-state index is 12.7.